The van der Waals surface area contributed by atoms with Crippen LogP contribution in [-0.2, 0) is 27.2 Å². The van der Waals surface area contributed by atoms with Crippen molar-refractivity contribution in [2.45, 2.75) is 21.1 Å². The van der Waals surface area contributed by atoms with Crippen LogP contribution in [0.25, 0.3) is 0 Å². The van der Waals surface area contributed by atoms with Crippen LogP contribution >= 0.6 is 0 Å². The van der Waals surface area contributed by atoms with E-state index in [-0.39, 0.29) is 11.4 Å². The van der Waals surface area contributed by atoms with Crippen LogP contribution in [-0.4, -0.2) is 32.4 Å². The molecule has 31 heavy (non-hydrogen) atoms. The summed E-state index contributed by atoms with van der Waals surface area (Å²) in [4.78, 5) is 1.05. The molecule has 0 N–H and O–H groups in total. The Morgan fingerprint density at radius 2 is 1.65 bits per heavy atom. The van der Waals surface area contributed by atoms with Gasteiger partial charge in [-0.1, -0.05) is 6.07 Å². The van der Waals surface area contributed by atoms with Crippen molar-refractivity contribution in [2.24, 2.45) is 0 Å². The van der Waals surface area contributed by atoms with Crippen LogP contribution in [0.3, 0.4) is 0 Å². The van der Waals surface area contributed by atoms with Crippen LogP contribution in [0.4, 0.5) is 10.1 Å². The fourth-order valence-electron chi connectivity index (χ4n) is 3.74. The number of benzene rings is 3. The summed E-state index contributed by atoms with van der Waals surface area (Å²) in [6.45, 7) is 1.17. The summed E-state index contributed by atoms with van der Waals surface area (Å²) in [5.41, 5.74) is 1.30. The molecular weight excluding hydrogens is 441 g/mol. The van der Waals surface area contributed by atoms with E-state index in [1.807, 2.05) is 0 Å². The van der Waals surface area contributed by atoms with E-state index in [0.717, 1.165) is 11.6 Å². The highest BCUT2D eigenvalue weighted by Crippen LogP contribution is 2.36. The molecule has 0 spiro atoms. The summed E-state index contributed by atoms with van der Waals surface area (Å²) in [5, 5.41) is 0. The second-order valence-corrected chi connectivity index (χ2v) is 10.5. The molecule has 0 aromatic heterocycles. The van der Waals surface area contributed by atoms with Gasteiger partial charge in [0.25, 0.3) is 10.0 Å². The van der Waals surface area contributed by atoms with Gasteiger partial charge in [0.15, 0.2) is 11.5 Å². The highest BCUT2D eigenvalue weighted by Gasteiger charge is 2.31. The first kappa shape index (κ1) is 20.0. The minimum atomic E-state index is -3.88. The molecule has 0 radical (unpaired) electrons. The Bertz CT molecular complexity index is 1310. The topological polar surface area (TPSA) is 72.9 Å². The minimum Gasteiger partial charge on any atom is -0.486 e. The van der Waals surface area contributed by atoms with Crippen molar-refractivity contribution >= 4 is 26.5 Å². The lowest BCUT2D eigenvalue weighted by Gasteiger charge is -2.20. The Morgan fingerprint density at radius 1 is 0.903 bits per heavy atom. The third-order valence-electron chi connectivity index (χ3n) is 5.23. The van der Waals surface area contributed by atoms with Crippen LogP contribution < -0.4 is 13.8 Å². The van der Waals surface area contributed by atoms with Crippen LogP contribution in [0.5, 0.6) is 11.5 Å². The molecular formula is C22H18FNO5S2. The number of rotatable bonds is 4. The Hall–Kier alpha value is -2.91. The van der Waals surface area contributed by atoms with Crippen molar-refractivity contribution in [3.8, 4) is 11.5 Å². The largest absolute Gasteiger partial charge is 0.486 e. The van der Waals surface area contributed by atoms with Gasteiger partial charge in [-0.15, -0.1) is 0 Å². The number of hydrogen-bond acceptors (Lipinski definition) is 5. The van der Waals surface area contributed by atoms with Crippen molar-refractivity contribution < 1.29 is 26.5 Å². The fourth-order valence-corrected chi connectivity index (χ4v) is 6.40. The van der Waals surface area contributed by atoms with Crippen molar-refractivity contribution in [3.05, 3.63) is 72.0 Å². The first-order valence-electron chi connectivity index (χ1n) is 9.66. The van der Waals surface area contributed by atoms with E-state index in [1.54, 1.807) is 36.4 Å². The molecule has 1 atom stereocenters. The Morgan fingerprint density at radius 3 is 2.45 bits per heavy atom. The number of halogens is 1. The van der Waals surface area contributed by atoms with E-state index in [0.29, 0.717) is 46.6 Å². The SMILES string of the molecule is O=S(c1ccc2c(c1)CCN2S(=O)(=O)c1cccc(F)c1)c1ccc2c(c1)OCCO2. The van der Waals surface area contributed by atoms with Crippen LogP contribution in [0, 0.1) is 5.82 Å². The predicted molar refractivity (Wildman–Crippen MR) is 113 cm³/mol. The maximum absolute atomic E-state index is 13.6. The molecule has 3 aromatic rings. The summed E-state index contributed by atoms with van der Waals surface area (Å²) < 4.78 is 65.0. The minimum absolute atomic E-state index is 0.0933. The van der Waals surface area contributed by atoms with Gasteiger partial charge in [0.05, 0.1) is 21.4 Å². The average Bonchev–Trinajstić information content (AvgIpc) is 3.22. The standard InChI is InChI=1S/C22H18FNO5S2/c23-16-2-1-3-19(13-16)31(26,27)24-9-8-15-12-17(4-6-20(15)24)30(25)18-5-7-21-22(14-18)29-11-10-28-21/h1-7,12-14H,8-11H2. The third kappa shape index (κ3) is 3.57. The normalized spacial score (nSPS) is 16.1. The molecule has 0 saturated carbocycles. The lowest BCUT2D eigenvalue weighted by atomic mass is 10.2. The molecule has 6 nitrogen and oxygen atoms in total. The number of nitrogens with zero attached hydrogens (tertiary/aromatic N) is 1. The molecule has 0 fully saturated rings. The van der Waals surface area contributed by atoms with E-state index < -0.39 is 26.6 Å². The van der Waals surface area contributed by atoms with Gasteiger partial charge in [-0.2, -0.15) is 0 Å². The van der Waals surface area contributed by atoms with E-state index in [1.165, 1.54) is 22.5 Å². The zero-order valence-electron chi connectivity index (χ0n) is 16.3. The van der Waals surface area contributed by atoms with Crippen molar-refractivity contribution in [2.75, 3.05) is 24.1 Å². The Balaban J connectivity index is 1.45. The lowest BCUT2D eigenvalue weighted by molar-refractivity contribution is 0.171. The highest BCUT2D eigenvalue weighted by atomic mass is 32.2. The molecule has 0 aliphatic carbocycles. The zero-order valence-corrected chi connectivity index (χ0v) is 17.9. The van der Waals surface area contributed by atoms with Crippen LogP contribution in [0.15, 0.2) is 75.4 Å². The molecule has 1 unspecified atom stereocenters. The fraction of sp³-hybridized carbons (Fsp3) is 0.182. The van der Waals surface area contributed by atoms with Crippen molar-refractivity contribution in [1.29, 1.82) is 0 Å². The number of fused-ring (bicyclic) bond motifs is 2. The third-order valence-corrected chi connectivity index (χ3v) is 8.40. The van der Waals surface area contributed by atoms with Crippen molar-refractivity contribution in [1.82, 2.24) is 0 Å². The van der Waals surface area contributed by atoms with Crippen LogP contribution in [0.1, 0.15) is 5.56 Å². The van der Waals surface area contributed by atoms with Gasteiger partial charge in [0.1, 0.15) is 19.0 Å². The van der Waals surface area contributed by atoms with Gasteiger partial charge >= 0.3 is 0 Å². The van der Waals surface area contributed by atoms with Crippen molar-refractivity contribution in [3.63, 3.8) is 0 Å². The number of hydrogen-bond donors (Lipinski definition) is 0. The smallest absolute Gasteiger partial charge is 0.264 e. The first-order valence-corrected chi connectivity index (χ1v) is 12.3. The average molecular weight is 460 g/mol. The first-order chi connectivity index (χ1) is 14.9. The number of sulfonamides is 1. The van der Waals surface area contributed by atoms with Gasteiger partial charge < -0.3 is 9.47 Å². The summed E-state index contributed by atoms with van der Waals surface area (Å²) >= 11 is 0. The van der Waals surface area contributed by atoms with Gasteiger partial charge in [-0.25, -0.2) is 17.0 Å². The summed E-state index contributed by atoms with van der Waals surface area (Å²) in [7, 11) is -5.34. The maximum atomic E-state index is 13.6. The van der Waals surface area contributed by atoms with E-state index >= 15 is 0 Å². The van der Waals surface area contributed by atoms with E-state index in [9.17, 15) is 17.0 Å². The monoisotopic (exact) mass is 459 g/mol. The Labute approximate surface area is 181 Å². The second-order valence-electron chi connectivity index (χ2n) is 7.15. The van der Waals surface area contributed by atoms with Gasteiger partial charge in [-0.3, -0.25) is 4.31 Å². The second kappa shape index (κ2) is 7.65. The molecule has 0 amide bonds. The van der Waals surface area contributed by atoms with Gasteiger partial charge in [0, 0.05) is 22.4 Å². The lowest BCUT2D eigenvalue weighted by Crippen LogP contribution is -2.29. The van der Waals surface area contributed by atoms with Crippen LogP contribution in [0.2, 0.25) is 0 Å². The molecule has 2 aliphatic heterocycles. The molecule has 9 heteroatoms. The molecule has 2 aliphatic rings. The molecule has 3 aromatic carbocycles. The highest BCUT2D eigenvalue weighted by molar-refractivity contribution is 7.92. The zero-order chi connectivity index (χ0) is 21.6. The summed E-state index contributed by atoms with van der Waals surface area (Å²) in [6, 6.07) is 15.2. The van der Waals surface area contributed by atoms with Gasteiger partial charge in [0.2, 0.25) is 0 Å². The summed E-state index contributed by atoms with van der Waals surface area (Å²) in [6.07, 6.45) is 0.482. The molecule has 2 heterocycles. The maximum Gasteiger partial charge on any atom is 0.264 e. The summed E-state index contributed by atoms with van der Waals surface area (Å²) in [5.74, 6) is 0.579. The predicted octanol–water partition coefficient (Wildman–Crippen LogP) is 3.52. The molecule has 160 valence electrons. The molecule has 5 rings (SSSR count). The number of anilines is 1. The molecule has 0 saturated heterocycles. The van der Waals surface area contributed by atoms with E-state index in [2.05, 4.69) is 0 Å². The Kier molecular flexibility index (Phi) is 4.94. The van der Waals surface area contributed by atoms with Gasteiger partial charge in [-0.05, 0) is 60.5 Å². The number of ether oxygens (including phenoxy) is 2. The molecule has 0 bridgehead atoms. The van der Waals surface area contributed by atoms with E-state index in [4.69, 9.17) is 9.47 Å². The quantitative estimate of drug-likeness (QED) is 0.597.